The molecule has 0 bridgehead atoms. The predicted molar refractivity (Wildman–Crippen MR) is 65.4 cm³/mol. The van der Waals surface area contributed by atoms with Crippen LogP contribution in [0.25, 0.3) is 0 Å². The average Bonchev–Trinajstić information content (AvgIpc) is 2.34. The van der Waals surface area contributed by atoms with E-state index in [0.717, 1.165) is 25.9 Å². The van der Waals surface area contributed by atoms with E-state index < -0.39 is 0 Å². The first-order valence-electron chi connectivity index (χ1n) is 6.30. The summed E-state index contributed by atoms with van der Waals surface area (Å²) in [6.07, 6.45) is 2.16. The van der Waals surface area contributed by atoms with Crippen LogP contribution >= 0.6 is 0 Å². The van der Waals surface area contributed by atoms with Gasteiger partial charge in [-0.2, -0.15) is 0 Å². The third-order valence-electron chi connectivity index (χ3n) is 2.76. The van der Waals surface area contributed by atoms with Gasteiger partial charge in [0, 0.05) is 0 Å². The van der Waals surface area contributed by atoms with Crippen molar-refractivity contribution in [2.75, 3.05) is 33.4 Å². The zero-order valence-corrected chi connectivity index (χ0v) is 11.1. The van der Waals surface area contributed by atoms with Crippen LogP contribution in [0.4, 0.5) is 0 Å². The molecule has 1 saturated heterocycles. The molecule has 0 spiro atoms. The van der Waals surface area contributed by atoms with E-state index in [4.69, 9.17) is 9.57 Å². The van der Waals surface area contributed by atoms with E-state index in [1.54, 1.807) is 0 Å². The second kappa shape index (κ2) is 7.63. The highest BCUT2D eigenvalue weighted by Gasteiger charge is 2.18. The first kappa shape index (κ1) is 14.4. The number of nitrogens with zero attached hydrogens (tertiary/aromatic N) is 1. The minimum atomic E-state index is -0.0975. The average molecular weight is 244 g/mol. The molecular formula is C12H24N2O3. The van der Waals surface area contributed by atoms with Gasteiger partial charge in [0.05, 0.1) is 19.8 Å². The smallest absolute Gasteiger partial charge is 0.272 e. The van der Waals surface area contributed by atoms with Gasteiger partial charge in [0.2, 0.25) is 0 Å². The van der Waals surface area contributed by atoms with Crippen LogP contribution in [0.2, 0.25) is 0 Å². The molecule has 0 aromatic rings. The molecule has 1 aliphatic rings. The summed E-state index contributed by atoms with van der Waals surface area (Å²) in [6, 6.07) is 0. The van der Waals surface area contributed by atoms with Crippen molar-refractivity contribution in [2.45, 2.75) is 32.8 Å². The molecule has 0 aromatic carbocycles. The van der Waals surface area contributed by atoms with Crippen LogP contribution < -0.4 is 5.32 Å². The van der Waals surface area contributed by atoms with E-state index in [1.165, 1.54) is 12.2 Å². The standard InChI is InChI=1S/C12H24N2O3/c1-10(2)8-14(16-3)12(15)9-17-11-4-6-13-7-5-11/h10-11,13H,4-9H2,1-3H3. The Bertz CT molecular complexity index is 228. The molecule has 1 rings (SSSR count). The maximum Gasteiger partial charge on any atom is 0.272 e. The fourth-order valence-electron chi connectivity index (χ4n) is 1.83. The van der Waals surface area contributed by atoms with Gasteiger partial charge < -0.3 is 10.1 Å². The van der Waals surface area contributed by atoms with E-state index in [0.29, 0.717) is 12.5 Å². The summed E-state index contributed by atoms with van der Waals surface area (Å²) in [6.45, 7) is 6.76. The Morgan fingerprint density at radius 1 is 1.41 bits per heavy atom. The molecule has 17 heavy (non-hydrogen) atoms. The number of rotatable bonds is 6. The van der Waals surface area contributed by atoms with Gasteiger partial charge >= 0.3 is 0 Å². The molecular weight excluding hydrogens is 220 g/mol. The molecule has 100 valence electrons. The van der Waals surface area contributed by atoms with Crippen LogP contribution in [0.3, 0.4) is 0 Å². The summed E-state index contributed by atoms with van der Waals surface area (Å²) < 4.78 is 5.60. The second-order valence-corrected chi connectivity index (χ2v) is 4.79. The Labute approximate surface area is 103 Å². The van der Waals surface area contributed by atoms with Crippen molar-refractivity contribution in [2.24, 2.45) is 5.92 Å². The fourth-order valence-corrected chi connectivity index (χ4v) is 1.83. The first-order chi connectivity index (χ1) is 8.13. The van der Waals surface area contributed by atoms with E-state index in [-0.39, 0.29) is 18.6 Å². The predicted octanol–water partition coefficient (Wildman–Crippen LogP) is 0.801. The van der Waals surface area contributed by atoms with Crippen LogP contribution in [-0.2, 0) is 14.4 Å². The van der Waals surface area contributed by atoms with Crippen molar-refractivity contribution >= 4 is 5.91 Å². The Balaban J connectivity index is 2.26. The number of hydroxylamine groups is 2. The van der Waals surface area contributed by atoms with Crippen molar-refractivity contribution in [3.05, 3.63) is 0 Å². The number of amides is 1. The maximum atomic E-state index is 11.8. The molecule has 5 heteroatoms. The lowest BCUT2D eigenvalue weighted by atomic mass is 10.1. The van der Waals surface area contributed by atoms with Crippen molar-refractivity contribution < 1.29 is 14.4 Å². The van der Waals surface area contributed by atoms with E-state index in [2.05, 4.69) is 5.32 Å². The van der Waals surface area contributed by atoms with Crippen LogP contribution in [-0.4, -0.2) is 50.4 Å². The second-order valence-electron chi connectivity index (χ2n) is 4.79. The van der Waals surface area contributed by atoms with Crippen LogP contribution in [0.15, 0.2) is 0 Å². The SMILES string of the molecule is CON(CC(C)C)C(=O)COC1CCNCC1. The van der Waals surface area contributed by atoms with Gasteiger partial charge in [-0.15, -0.1) is 0 Å². The molecule has 0 unspecified atom stereocenters. The topological polar surface area (TPSA) is 50.8 Å². The van der Waals surface area contributed by atoms with Crippen molar-refractivity contribution in [1.29, 1.82) is 0 Å². The summed E-state index contributed by atoms with van der Waals surface area (Å²) in [7, 11) is 1.52. The zero-order chi connectivity index (χ0) is 12.7. The van der Waals surface area contributed by atoms with Crippen LogP contribution in [0.1, 0.15) is 26.7 Å². The summed E-state index contributed by atoms with van der Waals surface area (Å²) >= 11 is 0. The Morgan fingerprint density at radius 3 is 2.59 bits per heavy atom. The minimum absolute atomic E-state index is 0.0975. The van der Waals surface area contributed by atoms with Gasteiger partial charge in [0.25, 0.3) is 5.91 Å². The number of nitrogens with one attached hydrogen (secondary N) is 1. The lowest BCUT2D eigenvalue weighted by Gasteiger charge is -2.25. The quantitative estimate of drug-likeness (QED) is 0.702. The third-order valence-corrected chi connectivity index (χ3v) is 2.76. The molecule has 0 aromatic heterocycles. The highest BCUT2D eigenvalue weighted by molar-refractivity contribution is 5.76. The summed E-state index contributed by atoms with van der Waals surface area (Å²) in [4.78, 5) is 16.9. The first-order valence-corrected chi connectivity index (χ1v) is 6.30. The van der Waals surface area contributed by atoms with Crippen molar-refractivity contribution in [3.63, 3.8) is 0 Å². The molecule has 1 N–H and O–H groups in total. The molecule has 1 fully saturated rings. The third kappa shape index (κ3) is 5.48. The lowest BCUT2D eigenvalue weighted by molar-refractivity contribution is -0.185. The zero-order valence-electron chi connectivity index (χ0n) is 11.1. The molecule has 5 nitrogen and oxygen atoms in total. The summed E-state index contributed by atoms with van der Waals surface area (Å²) in [5, 5.41) is 4.64. The number of piperidine rings is 1. The largest absolute Gasteiger partial charge is 0.368 e. The van der Waals surface area contributed by atoms with Gasteiger partial charge in [0.1, 0.15) is 6.61 Å². The van der Waals surface area contributed by atoms with Gasteiger partial charge in [-0.1, -0.05) is 13.8 Å². The molecule has 1 heterocycles. The molecule has 0 radical (unpaired) electrons. The number of hydrogen-bond donors (Lipinski definition) is 1. The van der Waals surface area contributed by atoms with Gasteiger partial charge in [-0.3, -0.25) is 9.63 Å². The number of carbonyl (C=O) groups is 1. The maximum absolute atomic E-state index is 11.8. The molecule has 1 aliphatic heterocycles. The fraction of sp³-hybridized carbons (Fsp3) is 0.917. The van der Waals surface area contributed by atoms with Gasteiger partial charge in [-0.25, -0.2) is 5.06 Å². The molecule has 0 atom stereocenters. The normalized spacial score (nSPS) is 17.4. The summed E-state index contributed by atoms with van der Waals surface area (Å²) in [5.74, 6) is 0.289. The van der Waals surface area contributed by atoms with Gasteiger partial charge in [0.15, 0.2) is 0 Å². The summed E-state index contributed by atoms with van der Waals surface area (Å²) in [5.41, 5.74) is 0. The van der Waals surface area contributed by atoms with Gasteiger partial charge in [-0.05, 0) is 31.8 Å². The van der Waals surface area contributed by atoms with Crippen molar-refractivity contribution in [1.82, 2.24) is 10.4 Å². The number of ether oxygens (including phenoxy) is 1. The molecule has 0 aliphatic carbocycles. The minimum Gasteiger partial charge on any atom is -0.368 e. The van der Waals surface area contributed by atoms with Crippen LogP contribution in [0.5, 0.6) is 0 Å². The van der Waals surface area contributed by atoms with Crippen molar-refractivity contribution in [3.8, 4) is 0 Å². The van der Waals surface area contributed by atoms with E-state index in [9.17, 15) is 4.79 Å². The Morgan fingerprint density at radius 2 is 2.06 bits per heavy atom. The van der Waals surface area contributed by atoms with E-state index in [1.807, 2.05) is 13.8 Å². The Kier molecular flexibility index (Phi) is 6.47. The molecule has 0 saturated carbocycles. The lowest BCUT2D eigenvalue weighted by Crippen LogP contribution is -2.38. The highest BCUT2D eigenvalue weighted by Crippen LogP contribution is 2.08. The van der Waals surface area contributed by atoms with Crippen LogP contribution in [0, 0.1) is 5.92 Å². The Hall–Kier alpha value is -0.650. The number of hydrogen-bond acceptors (Lipinski definition) is 4. The number of carbonyl (C=O) groups excluding carboxylic acids is 1. The highest BCUT2D eigenvalue weighted by atomic mass is 16.7. The molecule has 1 amide bonds. The monoisotopic (exact) mass is 244 g/mol. The van der Waals surface area contributed by atoms with E-state index >= 15 is 0 Å².